The maximum atomic E-state index is 14.5. The summed E-state index contributed by atoms with van der Waals surface area (Å²) in [5.41, 5.74) is 2.42. The van der Waals surface area contributed by atoms with Gasteiger partial charge in [0, 0.05) is 0 Å². The number of hydrogen-bond donors (Lipinski definition) is 0. The topological polar surface area (TPSA) is 71.6 Å². The first-order valence-electron chi connectivity index (χ1n) is 10.6. The zero-order chi connectivity index (χ0) is 23.0. The highest BCUT2D eigenvalue weighted by molar-refractivity contribution is 7.09. The van der Waals surface area contributed by atoms with Crippen LogP contribution in [-0.4, -0.2) is 11.0 Å². The number of benzene rings is 2. The quantitative estimate of drug-likeness (QED) is 0.240. The molecule has 0 unspecified atom stereocenters. The maximum Gasteiger partial charge on any atom is 0.194 e. The van der Waals surface area contributed by atoms with Crippen LogP contribution < -0.4 is 4.74 Å². The Kier molecular flexibility index (Phi) is 8.16. The van der Waals surface area contributed by atoms with E-state index in [2.05, 4.69) is 31.8 Å². The normalized spacial score (nSPS) is 12.2. The molecule has 0 spiro atoms. The number of hydrogen-bond acceptors (Lipinski definition) is 7. The molecule has 1 heterocycles. The van der Waals surface area contributed by atoms with Gasteiger partial charge in [-0.3, -0.25) is 0 Å². The minimum Gasteiger partial charge on any atom is -0.494 e. The summed E-state index contributed by atoms with van der Waals surface area (Å²) in [4.78, 5) is 0. The molecule has 168 valence electrons. The van der Waals surface area contributed by atoms with Gasteiger partial charge in [0.15, 0.2) is 10.8 Å². The summed E-state index contributed by atoms with van der Waals surface area (Å²) in [6, 6.07) is 14.6. The van der Waals surface area contributed by atoms with Crippen LogP contribution >= 0.6 is 11.5 Å². The van der Waals surface area contributed by atoms with E-state index in [1.807, 2.05) is 45.0 Å². The molecule has 0 saturated carbocycles. The third-order valence-corrected chi connectivity index (χ3v) is 5.12. The molecule has 0 aliphatic carbocycles. The zero-order valence-electron chi connectivity index (χ0n) is 18.9. The fourth-order valence-corrected chi connectivity index (χ4v) is 3.34. The van der Waals surface area contributed by atoms with E-state index in [-0.39, 0.29) is 16.2 Å². The fraction of sp³-hybridized carbons (Fsp3) is 0.375. The third kappa shape index (κ3) is 7.30. The molecule has 6 nitrogen and oxygen atoms in total. The first kappa shape index (κ1) is 23.7. The SMILES string of the molecule is CCCCOc1ccc(/N=N/c2ccc(/N=N/c3snc(CC(C)(C)C)c3F)cc2)cc1. The Bertz CT molecular complexity index is 1050. The summed E-state index contributed by atoms with van der Waals surface area (Å²) in [7, 11) is 0. The van der Waals surface area contributed by atoms with Gasteiger partial charge in [0.25, 0.3) is 0 Å². The fourth-order valence-electron chi connectivity index (χ4n) is 2.72. The Balaban J connectivity index is 1.58. The van der Waals surface area contributed by atoms with Crippen molar-refractivity contribution in [3.63, 3.8) is 0 Å². The number of aromatic nitrogens is 1. The maximum absolute atomic E-state index is 14.5. The molecule has 0 radical (unpaired) electrons. The standard InChI is InChI=1S/C24H28FN5OS/c1-5-6-15-31-20-13-11-19(12-14-20)27-26-17-7-9-18(10-8-17)28-29-23-22(25)21(30-32-23)16-24(2,3)4/h7-14H,5-6,15-16H2,1-4H3/b27-26+,29-28+. The molecule has 0 saturated heterocycles. The van der Waals surface area contributed by atoms with Gasteiger partial charge in [-0.1, -0.05) is 34.1 Å². The van der Waals surface area contributed by atoms with Gasteiger partial charge in [-0.05, 0) is 78.3 Å². The molecular weight excluding hydrogens is 425 g/mol. The van der Waals surface area contributed by atoms with Crippen LogP contribution in [-0.2, 0) is 6.42 Å². The summed E-state index contributed by atoms with van der Waals surface area (Å²) in [6.07, 6.45) is 2.69. The van der Waals surface area contributed by atoms with Crippen LogP contribution in [0.25, 0.3) is 0 Å². The Morgan fingerprint density at radius 2 is 1.41 bits per heavy atom. The van der Waals surface area contributed by atoms with Gasteiger partial charge in [0.05, 0.1) is 29.4 Å². The minimum atomic E-state index is -0.388. The van der Waals surface area contributed by atoms with Crippen LogP contribution in [0.5, 0.6) is 5.75 Å². The molecule has 3 rings (SSSR count). The Morgan fingerprint density at radius 3 is 1.94 bits per heavy atom. The van der Waals surface area contributed by atoms with Gasteiger partial charge < -0.3 is 4.74 Å². The number of nitrogens with zero attached hydrogens (tertiary/aromatic N) is 5. The summed E-state index contributed by atoms with van der Waals surface area (Å²) >= 11 is 1.02. The lowest BCUT2D eigenvalue weighted by Gasteiger charge is -2.15. The van der Waals surface area contributed by atoms with E-state index >= 15 is 0 Å². The lowest BCUT2D eigenvalue weighted by molar-refractivity contribution is 0.309. The summed E-state index contributed by atoms with van der Waals surface area (Å²) in [5.74, 6) is 0.441. The smallest absolute Gasteiger partial charge is 0.194 e. The monoisotopic (exact) mass is 453 g/mol. The van der Waals surface area contributed by atoms with Gasteiger partial charge in [0.1, 0.15) is 5.75 Å². The molecule has 3 aromatic rings. The van der Waals surface area contributed by atoms with E-state index in [1.54, 1.807) is 24.3 Å². The van der Waals surface area contributed by atoms with Crippen LogP contribution in [0.15, 0.2) is 69.0 Å². The van der Waals surface area contributed by atoms with Crippen LogP contribution in [0.4, 0.5) is 26.5 Å². The van der Waals surface area contributed by atoms with Crippen LogP contribution in [0, 0.1) is 11.2 Å². The highest BCUT2D eigenvalue weighted by Crippen LogP contribution is 2.32. The average Bonchev–Trinajstić information content (AvgIpc) is 3.10. The molecule has 2 aromatic carbocycles. The molecule has 0 N–H and O–H groups in total. The van der Waals surface area contributed by atoms with Gasteiger partial charge in [-0.2, -0.15) is 14.6 Å². The zero-order valence-corrected chi connectivity index (χ0v) is 19.7. The summed E-state index contributed by atoms with van der Waals surface area (Å²) < 4.78 is 24.3. The molecule has 0 aliphatic heterocycles. The molecule has 0 bridgehead atoms. The highest BCUT2D eigenvalue weighted by atomic mass is 32.1. The van der Waals surface area contributed by atoms with Gasteiger partial charge in [-0.15, -0.1) is 10.2 Å². The summed E-state index contributed by atoms with van der Waals surface area (Å²) in [5, 5.41) is 16.8. The van der Waals surface area contributed by atoms with E-state index in [1.165, 1.54) is 0 Å². The second kappa shape index (κ2) is 11.0. The second-order valence-electron chi connectivity index (χ2n) is 8.60. The lowest BCUT2D eigenvalue weighted by Crippen LogP contribution is -2.10. The van der Waals surface area contributed by atoms with Crippen molar-refractivity contribution in [2.24, 2.45) is 25.9 Å². The Hall–Kier alpha value is -3.00. The molecule has 0 aliphatic rings. The van der Waals surface area contributed by atoms with Crippen molar-refractivity contribution in [3.05, 3.63) is 60.0 Å². The van der Waals surface area contributed by atoms with Gasteiger partial charge >= 0.3 is 0 Å². The predicted molar refractivity (Wildman–Crippen MR) is 127 cm³/mol. The average molecular weight is 454 g/mol. The van der Waals surface area contributed by atoms with E-state index in [4.69, 9.17) is 4.74 Å². The molecule has 32 heavy (non-hydrogen) atoms. The molecule has 0 amide bonds. The Labute approximate surface area is 192 Å². The second-order valence-corrected chi connectivity index (χ2v) is 9.35. The number of ether oxygens (including phenoxy) is 1. The largest absolute Gasteiger partial charge is 0.494 e. The van der Waals surface area contributed by atoms with E-state index in [0.717, 1.165) is 42.4 Å². The van der Waals surface area contributed by atoms with Gasteiger partial charge in [0.2, 0.25) is 0 Å². The number of rotatable bonds is 9. The highest BCUT2D eigenvalue weighted by Gasteiger charge is 2.20. The van der Waals surface area contributed by atoms with Crippen molar-refractivity contribution in [1.82, 2.24) is 4.37 Å². The van der Waals surface area contributed by atoms with Crippen LogP contribution in [0.1, 0.15) is 46.2 Å². The first-order valence-corrected chi connectivity index (χ1v) is 11.4. The number of azo groups is 2. The van der Waals surface area contributed by atoms with Crippen molar-refractivity contribution in [2.75, 3.05) is 6.61 Å². The van der Waals surface area contributed by atoms with Crippen molar-refractivity contribution >= 4 is 33.6 Å². The minimum absolute atomic E-state index is 0.0435. The third-order valence-electron chi connectivity index (χ3n) is 4.37. The van der Waals surface area contributed by atoms with E-state index < -0.39 is 0 Å². The van der Waals surface area contributed by atoms with E-state index in [0.29, 0.717) is 23.5 Å². The van der Waals surface area contributed by atoms with Crippen molar-refractivity contribution < 1.29 is 9.13 Å². The van der Waals surface area contributed by atoms with Crippen molar-refractivity contribution in [3.8, 4) is 5.75 Å². The van der Waals surface area contributed by atoms with Crippen LogP contribution in [0.2, 0.25) is 0 Å². The van der Waals surface area contributed by atoms with E-state index in [9.17, 15) is 4.39 Å². The molecule has 0 atom stereocenters. The Morgan fingerprint density at radius 1 is 0.875 bits per heavy atom. The van der Waals surface area contributed by atoms with Gasteiger partial charge in [-0.25, -0.2) is 4.39 Å². The predicted octanol–water partition coefficient (Wildman–Crippen LogP) is 8.88. The number of unbranched alkanes of at least 4 members (excludes halogenated alkanes) is 1. The molecular formula is C24H28FN5OS. The van der Waals surface area contributed by atoms with Crippen LogP contribution in [0.3, 0.4) is 0 Å². The number of halogens is 1. The van der Waals surface area contributed by atoms with Crippen molar-refractivity contribution in [1.29, 1.82) is 0 Å². The lowest BCUT2D eigenvalue weighted by atomic mass is 9.90. The van der Waals surface area contributed by atoms with Crippen molar-refractivity contribution in [2.45, 2.75) is 47.0 Å². The first-order chi connectivity index (χ1) is 15.3. The molecule has 0 fully saturated rings. The molecule has 1 aromatic heterocycles. The summed E-state index contributed by atoms with van der Waals surface area (Å²) in [6.45, 7) is 8.99. The molecule has 8 heteroatoms.